The molecular weight excluding hydrogens is 320 g/mol. The lowest BCUT2D eigenvalue weighted by atomic mass is 10.1. The smallest absolute Gasteiger partial charge is 0.365 e. The Labute approximate surface area is 126 Å². The number of benzene rings is 1. The van der Waals surface area contributed by atoms with Gasteiger partial charge in [0.05, 0.1) is 0 Å². The number of aliphatic imine (C=N–C) groups is 1. The number of rotatable bonds is 2. The molecule has 0 radical (unpaired) electrons. The van der Waals surface area contributed by atoms with Crippen molar-refractivity contribution >= 4 is 27.8 Å². The molecule has 1 aromatic rings. The standard InChI is InChI=1S/C15H15BrN2O2/c16-12-6-4-11(5-7-12)14-17-13(15(19)20-14)10-18-8-2-1-3-9-18/h4-7,10H,1-3,8-9H2. The molecule has 0 aliphatic carbocycles. The molecule has 104 valence electrons. The summed E-state index contributed by atoms with van der Waals surface area (Å²) in [6.07, 6.45) is 5.43. The Morgan fingerprint density at radius 2 is 1.85 bits per heavy atom. The van der Waals surface area contributed by atoms with Crippen LogP contribution in [0.2, 0.25) is 0 Å². The summed E-state index contributed by atoms with van der Waals surface area (Å²) in [5.41, 5.74) is 1.20. The van der Waals surface area contributed by atoms with E-state index in [1.54, 1.807) is 0 Å². The van der Waals surface area contributed by atoms with Crippen molar-refractivity contribution in [2.75, 3.05) is 13.1 Å². The van der Waals surface area contributed by atoms with Crippen LogP contribution in [0.15, 0.2) is 45.6 Å². The minimum Gasteiger partial charge on any atom is -0.402 e. The molecule has 0 aromatic heterocycles. The minimum absolute atomic E-state index is 0.367. The first-order chi connectivity index (χ1) is 9.72. The number of likely N-dealkylation sites (tertiary alicyclic amines) is 1. The van der Waals surface area contributed by atoms with E-state index in [9.17, 15) is 4.79 Å². The Balaban J connectivity index is 1.80. The third-order valence-electron chi connectivity index (χ3n) is 3.41. The highest BCUT2D eigenvalue weighted by Crippen LogP contribution is 2.20. The number of nitrogens with zero attached hydrogens (tertiary/aromatic N) is 2. The number of hydrogen-bond donors (Lipinski definition) is 0. The summed E-state index contributed by atoms with van der Waals surface area (Å²) in [4.78, 5) is 18.3. The molecule has 0 saturated carbocycles. The molecule has 2 heterocycles. The third-order valence-corrected chi connectivity index (χ3v) is 3.94. The predicted molar refractivity (Wildman–Crippen MR) is 80.3 cm³/mol. The largest absolute Gasteiger partial charge is 0.402 e. The van der Waals surface area contributed by atoms with Crippen molar-refractivity contribution in [1.29, 1.82) is 0 Å². The molecule has 20 heavy (non-hydrogen) atoms. The molecule has 1 aromatic carbocycles. The lowest BCUT2D eigenvalue weighted by Gasteiger charge is -2.24. The van der Waals surface area contributed by atoms with Crippen LogP contribution in [-0.4, -0.2) is 29.9 Å². The van der Waals surface area contributed by atoms with E-state index in [4.69, 9.17) is 4.74 Å². The lowest BCUT2D eigenvalue weighted by Crippen LogP contribution is -2.25. The van der Waals surface area contributed by atoms with Crippen molar-refractivity contribution in [3.05, 3.63) is 46.2 Å². The van der Waals surface area contributed by atoms with Crippen molar-refractivity contribution in [3.63, 3.8) is 0 Å². The van der Waals surface area contributed by atoms with Crippen molar-refractivity contribution in [1.82, 2.24) is 4.90 Å². The van der Waals surface area contributed by atoms with Gasteiger partial charge < -0.3 is 9.64 Å². The number of hydrogen-bond acceptors (Lipinski definition) is 4. The van der Waals surface area contributed by atoms with Crippen LogP contribution in [0.3, 0.4) is 0 Å². The first kappa shape index (κ1) is 13.4. The van der Waals surface area contributed by atoms with Crippen LogP contribution in [0, 0.1) is 0 Å². The van der Waals surface area contributed by atoms with E-state index in [2.05, 4.69) is 25.8 Å². The first-order valence-electron chi connectivity index (χ1n) is 6.75. The van der Waals surface area contributed by atoms with Gasteiger partial charge in [-0.1, -0.05) is 15.9 Å². The lowest BCUT2D eigenvalue weighted by molar-refractivity contribution is -0.130. The summed E-state index contributed by atoms with van der Waals surface area (Å²) in [6, 6.07) is 7.55. The molecule has 0 atom stereocenters. The monoisotopic (exact) mass is 334 g/mol. The Bertz CT molecular complexity index is 572. The van der Waals surface area contributed by atoms with Crippen molar-refractivity contribution in [2.45, 2.75) is 19.3 Å². The molecule has 3 rings (SSSR count). The van der Waals surface area contributed by atoms with E-state index in [1.165, 1.54) is 19.3 Å². The van der Waals surface area contributed by atoms with Crippen LogP contribution < -0.4 is 0 Å². The molecule has 2 aliphatic heterocycles. The Morgan fingerprint density at radius 3 is 2.55 bits per heavy atom. The molecule has 0 N–H and O–H groups in total. The van der Waals surface area contributed by atoms with Crippen LogP contribution in [0.25, 0.3) is 0 Å². The van der Waals surface area contributed by atoms with Gasteiger partial charge in [-0.3, -0.25) is 0 Å². The zero-order chi connectivity index (χ0) is 13.9. The van der Waals surface area contributed by atoms with Crippen LogP contribution in [0.5, 0.6) is 0 Å². The highest BCUT2D eigenvalue weighted by molar-refractivity contribution is 9.10. The summed E-state index contributed by atoms with van der Waals surface area (Å²) in [5.74, 6) is 0.0132. The molecule has 0 unspecified atom stereocenters. The molecule has 2 aliphatic rings. The minimum atomic E-state index is -0.367. The number of ether oxygens (including phenoxy) is 1. The third kappa shape index (κ3) is 2.93. The Kier molecular flexibility index (Phi) is 3.87. The molecular formula is C15H15BrN2O2. The fourth-order valence-electron chi connectivity index (χ4n) is 2.34. The molecule has 1 fully saturated rings. The van der Waals surface area contributed by atoms with Gasteiger partial charge in [-0.05, 0) is 43.5 Å². The van der Waals surface area contributed by atoms with E-state index in [0.717, 1.165) is 23.1 Å². The summed E-state index contributed by atoms with van der Waals surface area (Å²) in [7, 11) is 0. The SMILES string of the molecule is O=C1OC(c2ccc(Br)cc2)=NC1=CN1CCCCC1. The molecule has 4 nitrogen and oxygen atoms in total. The second kappa shape index (κ2) is 5.79. The van der Waals surface area contributed by atoms with Gasteiger partial charge in [0.25, 0.3) is 0 Å². The maximum atomic E-state index is 11.9. The molecule has 0 spiro atoms. The number of cyclic esters (lactones) is 1. The average molecular weight is 335 g/mol. The van der Waals surface area contributed by atoms with Crippen LogP contribution in [-0.2, 0) is 9.53 Å². The second-order valence-electron chi connectivity index (χ2n) is 4.92. The zero-order valence-corrected chi connectivity index (χ0v) is 12.6. The molecule has 0 bridgehead atoms. The predicted octanol–water partition coefficient (Wildman–Crippen LogP) is 3.08. The molecule has 0 amide bonds. The van der Waals surface area contributed by atoms with Crippen LogP contribution >= 0.6 is 15.9 Å². The van der Waals surface area contributed by atoms with Gasteiger partial charge in [0.2, 0.25) is 5.90 Å². The van der Waals surface area contributed by atoms with Crippen LogP contribution in [0.4, 0.5) is 0 Å². The Morgan fingerprint density at radius 1 is 1.15 bits per heavy atom. The number of halogens is 1. The fraction of sp³-hybridized carbons (Fsp3) is 0.333. The van der Waals surface area contributed by atoms with Crippen molar-refractivity contribution in [2.24, 2.45) is 4.99 Å². The maximum Gasteiger partial charge on any atom is 0.365 e. The normalized spacial score (nSPS) is 21.1. The van der Waals surface area contributed by atoms with E-state index < -0.39 is 0 Å². The number of carbonyl (C=O) groups excluding carboxylic acids is 1. The highest BCUT2D eigenvalue weighted by atomic mass is 79.9. The summed E-state index contributed by atoms with van der Waals surface area (Å²) >= 11 is 3.38. The molecule has 5 heteroatoms. The quantitative estimate of drug-likeness (QED) is 0.616. The number of esters is 1. The van der Waals surface area contributed by atoms with Gasteiger partial charge >= 0.3 is 5.97 Å². The first-order valence-corrected chi connectivity index (χ1v) is 7.54. The zero-order valence-electron chi connectivity index (χ0n) is 11.0. The van der Waals surface area contributed by atoms with Crippen molar-refractivity contribution < 1.29 is 9.53 Å². The number of carbonyl (C=O) groups is 1. The van der Waals surface area contributed by atoms with E-state index in [0.29, 0.717) is 11.6 Å². The van der Waals surface area contributed by atoms with Gasteiger partial charge in [0.15, 0.2) is 5.70 Å². The second-order valence-corrected chi connectivity index (χ2v) is 5.84. The van der Waals surface area contributed by atoms with Gasteiger partial charge in [0.1, 0.15) is 0 Å². The van der Waals surface area contributed by atoms with Gasteiger partial charge in [-0.25, -0.2) is 9.79 Å². The van der Waals surface area contributed by atoms with Crippen molar-refractivity contribution in [3.8, 4) is 0 Å². The molecule has 1 saturated heterocycles. The summed E-state index contributed by atoms with van der Waals surface area (Å²) < 4.78 is 6.22. The topological polar surface area (TPSA) is 41.9 Å². The van der Waals surface area contributed by atoms with Gasteiger partial charge in [0, 0.05) is 29.3 Å². The van der Waals surface area contributed by atoms with Gasteiger partial charge in [-0.15, -0.1) is 0 Å². The summed E-state index contributed by atoms with van der Waals surface area (Å²) in [5, 5.41) is 0. The fourth-order valence-corrected chi connectivity index (χ4v) is 2.60. The van der Waals surface area contributed by atoms with E-state index in [-0.39, 0.29) is 5.97 Å². The highest BCUT2D eigenvalue weighted by Gasteiger charge is 2.25. The van der Waals surface area contributed by atoms with E-state index >= 15 is 0 Å². The summed E-state index contributed by atoms with van der Waals surface area (Å²) in [6.45, 7) is 1.97. The van der Waals surface area contributed by atoms with Crippen LogP contribution in [0.1, 0.15) is 24.8 Å². The number of piperidine rings is 1. The Hall–Kier alpha value is -1.62. The maximum absolute atomic E-state index is 11.9. The van der Waals surface area contributed by atoms with E-state index in [1.807, 2.05) is 30.5 Å². The van der Waals surface area contributed by atoms with Gasteiger partial charge in [-0.2, -0.15) is 0 Å². The average Bonchev–Trinajstić information content (AvgIpc) is 2.82.